The molecule has 1 saturated carbocycles. The molecule has 0 bridgehead atoms. The Kier molecular flexibility index (Phi) is 3.98. The first-order chi connectivity index (χ1) is 12.1. The first-order valence-corrected chi connectivity index (χ1v) is 8.44. The third kappa shape index (κ3) is 3.26. The van der Waals surface area contributed by atoms with Crippen molar-refractivity contribution < 1.29 is 9.90 Å². The Morgan fingerprint density at radius 1 is 1.04 bits per heavy atom. The van der Waals surface area contributed by atoms with Gasteiger partial charge in [0.2, 0.25) is 0 Å². The topological polar surface area (TPSA) is 63.1 Å². The van der Waals surface area contributed by atoms with Crippen LogP contribution in [0.25, 0.3) is 22.3 Å². The molecule has 5 heteroatoms. The van der Waals surface area contributed by atoms with E-state index in [1.807, 2.05) is 18.2 Å². The van der Waals surface area contributed by atoms with Crippen LogP contribution in [0, 0.1) is 0 Å². The predicted octanol–water partition coefficient (Wildman–Crippen LogP) is 5.04. The number of benzene rings is 2. The number of nitrogens with zero attached hydrogens (tertiary/aromatic N) is 2. The van der Waals surface area contributed by atoms with Crippen molar-refractivity contribution in [2.75, 3.05) is 0 Å². The van der Waals surface area contributed by atoms with E-state index < -0.39 is 5.97 Å². The summed E-state index contributed by atoms with van der Waals surface area (Å²) in [7, 11) is 0. The van der Waals surface area contributed by atoms with Crippen molar-refractivity contribution in [3.63, 3.8) is 0 Å². The number of carboxylic acids is 1. The molecule has 0 saturated heterocycles. The van der Waals surface area contributed by atoms with Crippen molar-refractivity contribution in [2.24, 2.45) is 0 Å². The van der Waals surface area contributed by atoms with Crippen LogP contribution in [0.15, 0.2) is 55.0 Å². The van der Waals surface area contributed by atoms with Gasteiger partial charge in [0.05, 0.1) is 11.3 Å². The molecule has 25 heavy (non-hydrogen) atoms. The molecule has 4 rings (SSSR count). The lowest BCUT2D eigenvalue weighted by Crippen LogP contribution is -1.99. The van der Waals surface area contributed by atoms with E-state index in [0.717, 1.165) is 40.8 Å². The normalized spacial score (nSPS) is 13.6. The average molecular weight is 351 g/mol. The van der Waals surface area contributed by atoms with Crippen molar-refractivity contribution in [3.05, 3.63) is 71.3 Å². The third-order valence-corrected chi connectivity index (χ3v) is 4.63. The maximum Gasteiger partial charge on any atom is 0.335 e. The fraction of sp³-hybridized carbons (Fsp3) is 0.150. The van der Waals surface area contributed by atoms with Gasteiger partial charge in [-0.15, -0.1) is 0 Å². The molecule has 1 N–H and O–H groups in total. The Balaban J connectivity index is 1.88. The van der Waals surface area contributed by atoms with Gasteiger partial charge in [0.25, 0.3) is 0 Å². The van der Waals surface area contributed by atoms with Gasteiger partial charge < -0.3 is 5.11 Å². The van der Waals surface area contributed by atoms with Gasteiger partial charge in [0.15, 0.2) is 0 Å². The van der Waals surface area contributed by atoms with Crippen LogP contribution in [-0.4, -0.2) is 21.0 Å². The fourth-order valence-corrected chi connectivity index (χ4v) is 3.09. The van der Waals surface area contributed by atoms with E-state index in [4.69, 9.17) is 11.6 Å². The number of rotatable bonds is 4. The number of carboxylic acid groups (broad SMARTS) is 1. The summed E-state index contributed by atoms with van der Waals surface area (Å²) in [6.45, 7) is 0. The number of carbonyl (C=O) groups is 1. The third-order valence-electron chi connectivity index (χ3n) is 4.38. The molecular weight excluding hydrogens is 336 g/mol. The molecular formula is C20H15ClN2O2. The van der Waals surface area contributed by atoms with E-state index in [0.29, 0.717) is 10.9 Å². The molecule has 1 aliphatic carbocycles. The molecule has 1 fully saturated rings. The standard InChI is InChI=1S/C20H15ClN2O2/c21-17-5-3-12(4-6-17)14-7-15(9-16(8-14)20(24)25)18-10-22-11-23-19(18)13-1-2-13/h3-11,13H,1-2H2,(H,24,25). The minimum absolute atomic E-state index is 0.244. The zero-order valence-corrected chi connectivity index (χ0v) is 14.1. The van der Waals surface area contributed by atoms with E-state index >= 15 is 0 Å². The quantitative estimate of drug-likeness (QED) is 0.716. The van der Waals surface area contributed by atoms with Crippen LogP contribution < -0.4 is 0 Å². The van der Waals surface area contributed by atoms with Crippen LogP contribution in [0.5, 0.6) is 0 Å². The van der Waals surface area contributed by atoms with Gasteiger partial charge in [-0.05, 0) is 59.9 Å². The molecule has 0 atom stereocenters. The Hall–Kier alpha value is -2.72. The molecule has 1 aliphatic rings. The molecule has 0 spiro atoms. The van der Waals surface area contributed by atoms with Gasteiger partial charge in [0, 0.05) is 22.7 Å². The zero-order valence-electron chi connectivity index (χ0n) is 13.3. The highest BCUT2D eigenvalue weighted by atomic mass is 35.5. The molecule has 3 aromatic rings. The van der Waals surface area contributed by atoms with Gasteiger partial charge in [-0.1, -0.05) is 23.7 Å². The van der Waals surface area contributed by atoms with Crippen LogP contribution in [-0.2, 0) is 0 Å². The fourth-order valence-electron chi connectivity index (χ4n) is 2.96. The van der Waals surface area contributed by atoms with Gasteiger partial charge in [-0.2, -0.15) is 0 Å². The summed E-state index contributed by atoms with van der Waals surface area (Å²) in [6, 6.07) is 12.7. The van der Waals surface area contributed by atoms with Crippen LogP contribution in [0.3, 0.4) is 0 Å². The number of aromatic carboxylic acids is 1. The second kappa shape index (κ2) is 6.30. The highest BCUT2D eigenvalue weighted by Gasteiger charge is 2.28. The van der Waals surface area contributed by atoms with Crippen molar-refractivity contribution in [1.29, 1.82) is 0 Å². The maximum absolute atomic E-state index is 11.6. The highest BCUT2D eigenvalue weighted by molar-refractivity contribution is 6.30. The van der Waals surface area contributed by atoms with Gasteiger partial charge in [-0.25, -0.2) is 14.8 Å². The summed E-state index contributed by atoms with van der Waals surface area (Å²) < 4.78 is 0. The smallest absolute Gasteiger partial charge is 0.335 e. The van der Waals surface area contributed by atoms with Crippen LogP contribution >= 0.6 is 11.6 Å². The second-order valence-electron chi connectivity index (χ2n) is 6.21. The van der Waals surface area contributed by atoms with Gasteiger partial charge >= 0.3 is 5.97 Å². The lowest BCUT2D eigenvalue weighted by Gasteiger charge is -2.11. The lowest BCUT2D eigenvalue weighted by molar-refractivity contribution is 0.0697. The Bertz CT molecular complexity index is 950. The monoisotopic (exact) mass is 350 g/mol. The summed E-state index contributed by atoms with van der Waals surface area (Å²) in [4.78, 5) is 20.2. The van der Waals surface area contributed by atoms with Gasteiger partial charge in [0.1, 0.15) is 6.33 Å². The molecule has 4 nitrogen and oxygen atoms in total. The van der Waals surface area contributed by atoms with E-state index in [-0.39, 0.29) is 5.56 Å². The van der Waals surface area contributed by atoms with E-state index in [9.17, 15) is 9.90 Å². The summed E-state index contributed by atoms with van der Waals surface area (Å²) in [5, 5.41) is 10.2. The predicted molar refractivity (Wildman–Crippen MR) is 96.8 cm³/mol. The number of hydrogen-bond donors (Lipinski definition) is 1. The van der Waals surface area contributed by atoms with Crippen molar-refractivity contribution in [3.8, 4) is 22.3 Å². The second-order valence-corrected chi connectivity index (χ2v) is 6.64. The first-order valence-electron chi connectivity index (χ1n) is 8.06. The first kappa shape index (κ1) is 15.8. The van der Waals surface area contributed by atoms with E-state index in [2.05, 4.69) is 9.97 Å². The van der Waals surface area contributed by atoms with E-state index in [1.54, 1.807) is 36.8 Å². The molecule has 0 radical (unpaired) electrons. The highest BCUT2D eigenvalue weighted by Crippen LogP contribution is 2.43. The molecule has 0 aliphatic heterocycles. The van der Waals surface area contributed by atoms with Crippen LogP contribution in [0.2, 0.25) is 5.02 Å². The van der Waals surface area contributed by atoms with Gasteiger partial charge in [-0.3, -0.25) is 0 Å². The van der Waals surface area contributed by atoms with E-state index in [1.165, 1.54) is 0 Å². The molecule has 0 amide bonds. The number of aromatic nitrogens is 2. The van der Waals surface area contributed by atoms with Crippen LogP contribution in [0.1, 0.15) is 34.8 Å². The Labute approximate surface area is 150 Å². The van der Waals surface area contributed by atoms with Crippen molar-refractivity contribution in [1.82, 2.24) is 9.97 Å². The molecule has 124 valence electrons. The molecule has 1 aromatic heterocycles. The summed E-state index contributed by atoms with van der Waals surface area (Å²) in [5.74, 6) is -0.507. The van der Waals surface area contributed by atoms with Crippen LogP contribution in [0.4, 0.5) is 0 Å². The number of hydrogen-bond acceptors (Lipinski definition) is 3. The molecule has 0 unspecified atom stereocenters. The lowest BCUT2D eigenvalue weighted by atomic mass is 9.95. The molecule has 1 heterocycles. The summed E-state index contributed by atoms with van der Waals surface area (Å²) in [6.07, 6.45) is 5.56. The zero-order chi connectivity index (χ0) is 17.4. The molecule has 2 aromatic carbocycles. The summed E-state index contributed by atoms with van der Waals surface area (Å²) in [5.41, 5.74) is 4.72. The van der Waals surface area contributed by atoms with Crippen molar-refractivity contribution >= 4 is 17.6 Å². The Morgan fingerprint density at radius 2 is 1.76 bits per heavy atom. The largest absolute Gasteiger partial charge is 0.478 e. The Morgan fingerprint density at radius 3 is 2.44 bits per heavy atom. The SMILES string of the molecule is O=C(O)c1cc(-c2ccc(Cl)cc2)cc(-c2cncnc2C2CC2)c1. The summed E-state index contributed by atoms with van der Waals surface area (Å²) >= 11 is 5.96. The average Bonchev–Trinajstić information content (AvgIpc) is 3.47. The minimum atomic E-state index is -0.957. The number of halogens is 1. The minimum Gasteiger partial charge on any atom is -0.478 e. The van der Waals surface area contributed by atoms with Crippen molar-refractivity contribution in [2.45, 2.75) is 18.8 Å². The maximum atomic E-state index is 11.6.